The highest BCUT2D eigenvalue weighted by molar-refractivity contribution is 6.50. The molecular weight excluding hydrogens is 244 g/mol. The Kier molecular flexibility index (Phi) is 7.06. The summed E-state index contributed by atoms with van der Waals surface area (Å²) >= 11 is 0. The van der Waals surface area contributed by atoms with Crippen LogP contribution in [0.2, 0.25) is 12.6 Å². The maximum atomic E-state index is 10.8. The monoisotopic (exact) mass is 264 g/mol. The number of carbonyl (C=O) groups excluding carboxylic acids is 1. The van der Waals surface area contributed by atoms with Crippen molar-refractivity contribution in [3.63, 3.8) is 0 Å². The van der Waals surface area contributed by atoms with E-state index in [-0.39, 0.29) is 5.97 Å². The molecule has 98 valence electrons. The van der Waals surface area contributed by atoms with Crippen molar-refractivity contribution in [2.24, 2.45) is 0 Å². The molecule has 0 aliphatic rings. The molecule has 0 aromatic heterocycles. The molecule has 0 amide bonds. The standard InChI is InChI=1S/C14H20O3Si/c1-3-14(15)16-10-7-11-18(2)17-12-13-8-5-4-6-9-13/h3-6,8-9,18H,1,7,10-12H2,2H3. The smallest absolute Gasteiger partial charge is 0.330 e. The zero-order valence-electron chi connectivity index (χ0n) is 10.8. The highest BCUT2D eigenvalue weighted by Crippen LogP contribution is 2.06. The van der Waals surface area contributed by atoms with Gasteiger partial charge in [-0.05, 0) is 24.6 Å². The van der Waals surface area contributed by atoms with Crippen LogP contribution in [0.4, 0.5) is 0 Å². The molecule has 0 N–H and O–H groups in total. The van der Waals surface area contributed by atoms with Crippen LogP contribution in [0, 0.1) is 0 Å². The third-order valence-electron chi connectivity index (χ3n) is 2.54. The van der Waals surface area contributed by atoms with Crippen molar-refractivity contribution in [3.8, 4) is 0 Å². The largest absolute Gasteiger partial charge is 0.463 e. The second kappa shape index (κ2) is 8.66. The third-order valence-corrected chi connectivity index (χ3v) is 4.50. The summed E-state index contributed by atoms with van der Waals surface area (Å²) in [5, 5.41) is 0. The van der Waals surface area contributed by atoms with Crippen molar-refractivity contribution < 1.29 is 14.0 Å². The molecule has 1 aromatic rings. The molecule has 0 spiro atoms. The van der Waals surface area contributed by atoms with E-state index >= 15 is 0 Å². The molecular formula is C14H20O3Si. The van der Waals surface area contributed by atoms with Crippen molar-refractivity contribution in [3.05, 3.63) is 48.6 Å². The van der Waals surface area contributed by atoms with Gasteiger partial charge in [-0.2, -0.15) is 0 Å². The Balaban J connectivity index is 2.09. The maximum Gasteiger partial charge on any atom is 0.330 e. The van der Waals surface area contributed by atoms with Crippen LogP contribution in [0.15, 0.2) is 43.0 Å². The molecule has 0 bridgehead atoms. The van der Waals surface area contributed by atoms with Crippen LogP contribution in [-0.2, 0) is 20.6 Å². The van der Waals surface area contributed by atoms with Crippen molar-refractivity contribution in [1.29, 1.82) is 0 Å². The minimum atomic E-state index is -1.16. The average Bonchev–Trinajstić information content (AvgIpc) is 2.42. The summed E-state index contributed by atoms with van der Waals surface area (Å²) in [6.45, 7) is 6.65. The number of hydrogen-bond donors (Lipinski definition) is 0. The van der Waals surface area contributed by atoms with E-state index < -0.39 is 9.04 Å². The van der Waals surface area contributed by atoms with Gasteiger partial charge in [0.1, 0.15) is 0 Å². The molecule has 0 aliphatic carbocycles. The predicted molar refractivity (Wildman–Crippen MR) is 74.8 cm³/mol. The molecule has 0 saturated heterocycles. The summed E-state index contributed by atoms with van der Waals surface area (Å²) in [5.74, 6) is -0.352. The number of rotatable bonds is 8. The summed E-state index contributed by atoms with van der Waals surface area (Å²) in [4.78, 5) is 10.8. The molecule has 1 rings (SSSR count). The van der Waals surface area contributed by atoms with E-state index in [0.717, 1.165) is 12.5 Å². The van der Waals surface area contributed by atoms with E-state index in [1.807, 2.05) is 18.2 Å². The summed E-state index contributed by atoms with van der Waals surface area (Å²) < 4.78 is 10.8. The van der Waals surface area contributed by atoms with Crippen LogP contribution >= 0.6 is 0 Å². The van der Waals surface area contributed by atoms with Crippen molar-refractivity contribution in [1.82, 2.24) is 0 Å². The number of ether oxygens (including phenoxy) is 1. The lowest BCUT2D eigenvalue weighted by Gasteiger charge is -2.11. The first-order valence-corrected chi connectivity index (χ1v) is 8.61. The van der Waals surface area contributed by atoms with Gasteiger partial charge in [0.25, 0.3) is 0 Å². The van der Waals surface area contributed by atoms with Gasteiger partial charge >= 0.3 is 5.97 Å². The second-order valence-electron chi connectivity index (χ2n) is 4.12. The van der Waals surface area contributed by atoms with E-state index in [4.69, 9.17) is 9.16 Å². The average molecular weight is 264 g/mol. The molecule has 4 heteroatoms. The zero-order valence-corrected chi connectivity index (χ0v) is 12.0. The summed E-state index contributed by atoms with van der Waals surface area (Å²) in [6.07, 6.45) is 2.05. The quantitative estimate of drug-likeness (QED) is 0.313. The van der Waals surface area contributed by atoms with Gasteiger partial charge in [-0.3, -0.25) is 0 Å². The van der Waals surface area contributed by atoms with Crippen molar-refractivity contribution in [2.75, 3.05) is 6.61 Å². The number of benzene rings is 1. The summed E-state index contributed by atoms with van der Waals surface area (Å²) in [7, 11) is -1.16. The topological polar surface area (TPSA) is 35.5 Å². The summed E-state index contributed by atoms with van der Waals surface area (Å²) in [5.41, 5.74) is 1.20. The van der Waals surface area contributed by atoms with Gasteiger partial charge < -0.3 is 9.16 Å². The van der Waals surface area contributed by atoms with E-state index in [9.17, 15) is 4.79 Å². The normalized spacial score (nSPS) is 11.8. The van der Waals surface area contributed by atoms with Gasteiger partial charge in [-0.25, -0.2) is 4.79 Å². The van der Waals surface area contributed by atoms with Gasteiger partial charge in [0.2, 0.25) is 0 Å². The number of esters is 1. The Labute approximate surface area is 110 Å². The number of carbonyl (C=O) groups is 1. The lowest BCUT2D eigenvalue weighted by atomic mass is 10.2. The fraction of sp³-hybridized carbons (Fsp3) is 0.357. The van der Waals surface area contributed by atoms with Crippen LogP contribution in [0.25, 0.3) is 0 Å². The summed E-state index contributed by atoms with van der Waals surface area (Å²) in [6, 6.07) is 11.2. The van der Waals surface area contributed by atoms with Crippen molar-refractivity contribution >= 4 is 15.0 Å². The molecule has 1 atom stereocenters. The van der Waals surface area contributed by atoms with Crippen LogP contribution < -0.4 is 0 Å². The molecule has 0 aliphatic heterocycles. The Morgan fingerprint density at radius 2 is 2.11 bits per heavy atom. The molecule has 1 unspecified atom stereocenters. The molecule has 1 aromatic carbocycles. The first-order chi connectivity index (χ1) is 8.72. The zero-order chi connectivity index (χ0) is 13.2. The predicted octanol–water partition coefficient (Wildman–Crippen LogP) is 2.68. The Bertz CT molecular complexity index is 365. The minimum Gasteiger partial charge on any atom is -0.463 e. The highest BCUT2D eigenvalue weighted by atomic mass is 28.3. The second-order valence-corrected chi connectivity index (χ2v) is 6.65. The SMILES string of the molecule is C=CC(=O)OCCC[SiH](C)OCc1ccccc1. The third kappa shape index (κ3) is 6.37. The molecule has 0 heterocycles. The fourth-order valence-electron chi connectivity index (χ4n) is 1.50. The van der Waals surface area contributed by atoms with Crippen LogP contribution in [0.3, 0.4) is 0 Å². The van der Waals surface area contributed by atoms with Gasteiger partial charge in [0.05, 0.1) is 13.2 Å². The minimum absolute atomic E-state index is 0.352. The van der Waals surface area contributed by atoms with E-state index in [0.29, 0.717) is 13.2 Å². The highest BCUT2D eigenvalue weighted by Gasteiger charge is 2.05. The molecule has 0 radical (unpaired) electrons. The van der Waals surface area contributed by atoms with E-state index in [1.54, 1.807) is 0 Å². The lowest BCUT2D eigenvalue weighted by Crippen LogP contribution is -2.14. The van der Waals surface area contributed by atoms with E-state index in [1.165, 1.54) is 11.6 Å². The van der Waals surface area contributed by atoms with Gasteiger partial charge in [0, 0.05) is 6.08 Å². The van der Waals surface area contributed by atoms with Crippen LogP contribution in [-0.4, -0.2) is 21.6 Å². The maximum absolute atomic E-state index is 10.8. The first-order valence-electron chi connectivity index (χ1n) is 6.17. The molecule has 0 saturated carbocycles. The van der Waals surface area contributed by atoms with Gasteiger partial charge in [0.15, 0.2) is 9.04 Å². The van der Waals surface area contributed by atoms with Crippen LogP contribution in [0.5, 0.6) is 0 Å². The molecule has 18 heavy (non-hydrogen) atoms. The Morgan fingerprint density at radius 1 is 1.39 bits per heavy atom. The fourth-order valence-corrected chi connectivity index (χ4v) is 2.88. The van der Waals surface area contributed by atoms with E-state index in [2.05, 4.69) is 25.3 Å². The van der Waals surface area contributed by atoms with Crippen molar-refractivity contribution in [2.45, 2.75) is 25.6 Å². The first kappa shape index (κ1) is 14.7. The molecule has 3 nitrogen and oxygen atoms in total. The lowest BCUT2D eigenvalue weighted by molar-refractivity contribution is -0.137. The number of hydrogen-bond acceptors (Lipinski definition) is 3. The van der Waals surface area contributed by atoms with Gasteiger partial charge in [-0.15, -0.1) is 0 Å². The van der Waals surface area contributed by atoms with Crippen LogP contribution in [0.1, 0.15) is 12.0 Å². The van der Waals surface area contributed by atoms with Gasteiger partial charge in [-0.1, -0.05) is 36.9 Å². The molecule has 0 fully saturated rings. The Morgan fingerprint density at radius 3 is 2.78 bits per heavy atom. The Hall–Kier alpha value is -1.39.